The second-order valence-electron chi connectivity index (χ2n) is 4.88. The first-order valence-electron chi connectivity index (χ1n) is 6.80. The third-order valence-electron chi connectivity index (χ3n) is 3.62. The molecule has 1 N–H and O–H groups in total. The number of rotatable bonds is 4. The molecule has 1 atom stereocenters. The molecule has 1 aliphatic heterocycles. The van der Waals surface area contributed by atoms with Gasteiger partial charge in [-0.2, -0.15) is 5.26 Å². The fourth-order valence-corrected chi connectivity index (χ4v) is 2.63. The van der Waals surface area contributed by atoms with E-state index in [1.165, 1.54) is 12.8 Å². The predicted molar refractivity (Wildman–Crippen MR) is 74.6 cm³/mol. The summed E-state index contributed by atoms with van der Waals surface area (Å²) >= 11 is 0. The first-order valence-corrected chi connectivity index (χ1v) is 6.80. The minimum Gasteiger partial charge on any atom is -0.370 e. The van der Waals surface area contributed by atoms with Crippen LogP contribution in [0.25, 0.3) is 0 Å². The van der Waals surface area contributed by atoms with Gasteiger partial charge in [-0.25, -0.2) is 0 Å². The number of nitriles is 1. The van der Waals surface area contributed by atoms with Gasteiger partial charge in [0, 0.05) is 13.1 Å². The smallest absolute Gasteiger partial charge is 0.101 e. The number of piperidine rings is 1. The summed E-state index contributed by atoms with van der Waals surface area (Å²) in [5.41, 5.74) is 1.86. The molecule has 1 saturated heterocycles. The van der Waals surface area contributed by atoms with E-state index in [2.05, 4.69) is 29.3 Å². The van der Waals surface area contributed by atoms with Crippen LogP contribution < -0.4 is 10.2 Å². The first-order chi connectivity index (χ1) is 8.85. The Morgan fingerprint density at radius 2 is 2.28 bits per heavy atom. The van der Waals surface area contributed by atoms with Crippen LogP contribution in [0.2, 0.25) is 0 Å². The summed E-state index contributed by atoms with van der Waals surface area (Å²) in [7, 11) is 0. The van der Waals surface area contributed by atoms with E-state index in [1.54, 1.807) is 0 Å². The lowest BCUT2D eigenvalue weighted by molar-refractivity contribution is 0.378. The van der Waals surface area contributed by atoms with Crippen LogP contribution in [-0.2, 0) is 0 Å². The number of para-hydroxylation sites is 1. The van der Waals surface area contributed by atoms with E-state index in [0.29, 0.717) is 5.92 Å². The molecule has 0 spiro atoms. The molecule has 1 unspecified atom stereocenters. The second-order valence-corrected chi connectivity index (χ2v) is 4.88. The van der Waals surface area contributed by atoms with Crippen LogP contribution in [0, 0.1) is 17.2 Å². The van der Waals surface area contributed by atoms with E-state index >= 15 is 0 Å². The van der Waals surface area contributed by atoms with Crippen LogP contribution in [0.5, 0.6) is 0 Å². The first kappa shape index (κ1) is 12.9. The summed E-state index contributed by atoms with van der Waals surface area (Å²) < 4.78 is 0. The zero-order valence-electron chi connectivity index (χ0n) is 11.0. The highest BCUT2D eigenvalue weighted by molar-refractivity contribution is 5.59. The largest absolute Gasteiger partial charge is 0.370 e. The van der Waals surface area contributed by atoms with Crippen molar-refractivity contribution in [3.05, 3.63) is 29.8 Å². The minimum absolute atomic E-state index is 0.699. The van der Waals surface area contributed by atoms with Gasteiger partial charge in [-0.3, -0.25) is 0 Å². The van der Waals surface area contributed by atoms with Crippen molar-refractivity contribution in [2.45, 2.75) is 19.8 Å². The summed E-state index contributed by atoms with van der Waals surface area (Å²) in [5.74, 6) is 0.699. The van der Waals surface area contributed by atoms with Gasteiger partial charge in [0.2, 0.25) is 0 Å². The van der Waals surface area contributed by atoms with E-state index in [1.807, 2.05) is 18.2 Å². The molecule has 0 amide bonds. The zero-order chi connectivity index (χ0) is 12.8. The molecule has 1 heterocycles. The van der Waals surface area contributed by atoms with Crippen LogP contribution in [-0.4, -0.2) is 26.2 Å². The highest BCUT2D eigenvalue weighted by atomic mass is 15.1. The number of nitrogens with zero attached hydrogens (tertiary/aromatic N) is 2. The van der Waals surface area contributed by atoms with Crippen LogP contribution >= 0.6 is 0 Å². The van der Waals surface area contributed by atoms with Gasteiger partial charge in [0.1, 0.15) is 6.07 Å². The number of hydrogen-bond donors (Lipinski definition) is 1. The Kier molecular flexibility index (Phi) is 4.60. The molecule has 1 fully saturated rings. The summed E-state index contributed by atoms with van der Waals surface area (Å²) in [6.07, 6.45) is 2.56. The van der Waals surface area contributed by atoms with Gasteiger partial charge in [0.05, 0.1) is 11.3 Å². The molecule has 96 valence electrons. The lowest BCUT2D eigenvalue weighted by atomic mass is 9.98. The fraction of sp³-hybridized carbons (Fsp3) is 0.533. The van der Waals surface area contributed by atoms with E-state index in [0.717, 1.165) is 37.4 Å². The van der Waals surface area contributed by atoms with Gasteiger partial charge in [-0.05, 0) is 50.9 Å². The average Bonchev–Trinajstić information content (AvgIpc) is 2.46. The Morgan fingerprint density at radius 3 is 2.94 bits per heavy atom. The van der Waals surface area contributed by atoms with Gasteiger partial charge in [0.15, 0.2) is 0 Å². The number of anilines is 1. The second kappa shape index (κ2) is 6.42. The topological polar surface area (TPSA) is 39.1 Å². The molecule has 1 aliphatic rings. The van der Waals surface area contributed by atoms with E-state index < -0.39 is 0 Å². The fourth-order valence-electron chi connectivity index (χ4n) is 2.63. The molecule has 0 radical (unpaired) electrons. The van der Waals surface area contributed by atoms with Crippen LogP contribution in [0.3, 0.4) is 0 Å². The van der Waals surface area contributed by atoms with Gasteiger partial charge >= 0.3 is 0 Å². The molecule has 0 bridgehead atoms. The van der Waals surface area contributed by atoms with Crippen molar-refractivity contribution in [3.8, 4) is 6.07 Å². The van der Waals surface area contributed by atoms with Crippen molar-refractivity contribution in [3.63, 3.8) is 0 Å². The molecule has 0 saturated carbocycles. The summed E-state index contributed by atoms with van der Waals surface area (Å²) in [5, 5.41) is 12.6. The number of nitrogens with one attached hydrogen (secondary N) is 1. The monoisotopic (exact) mass is 243 g/mol. The number of benzene rings is 1. The molecule has 3 heteroatoms. The molecule has 3 nitrogen and oxygen atoms in total. The standard InChI is InChI=1S/C15H21N3/c1-2-18(12-13-6-5-9-17-11-13)15-8-4-3-7-14(15)10-16/h3-4,7-8,13,17H,2,5-6,9,11-12H2,1H3. The van der Waals surface area contributed by atoms with Crippen molar-refractivity contribution in [2.24, 2.45) is 5.92 Å². The molecular weight excluding hydrogens is 222 g/mol. The highest BCUT2D eigenvalue weighted by Gasteiger charge is 2.17. The third kappa shape index (κ3) is 3.02. The molecular formula is C15H21N3. The Bertz CT molecular complexity index is 416. The molecule has 2 rings (SSSR count). The average molecular weight is 243 g/mol. The van der Waals surface area contributed by atoms with E-state index in [-0.39, 0.29) is 0 Å². The maximum absolute atomic E-state index is 9.18. The highest BCUT2D eigenvalue weighted by Crippen LogP contribution is 2.22. The Hall–Kier alpha value is -1.53. The zero-order valence-corrected chi connectivity index (χ0v) is 11.0. The third-order valence-corrected chi connectivity index (χ3v) is 3.62. The van der Waals surface area contributed by atoms with E-state index in [4.69, 9.17) is 0 Å². The van der Waals surface area contributed by atoms with Crippen molar-refractivity contribution in [2.75, 3.05) is 31.1 Å². The normalized spacial score (nSPS) is 19.2. The Morgan fingerprint density at radius 1 is 1.44 bits per heavy atom. The summed E-state index contributed by atoms with van der Waals surface area (Å²) in [4.78, 5) is 2.33. The lowest BCUT2D eigenvalue weighted by Gasteiger charge is -2.31. The van der Waals surface area contributed by atoms with Crippen molar-refractivity contribution < 1.29 is 0 Å². The lowest BCUT2D eigenvalue weighted by Crippen LogP contribution is -2.38. The van der Waals surface area contributed by atoms with Crippen LogP contribution in [0.15, 0.2) is 24.3 Å². The van der Waals surface area contributed by atoms with Crippen LogP contribution in [0.4, 0.5) is 5.69 Å². The van der Waals surface area contributed by atoms with Crippen molar-refractivity contribution in [1.82, 2.24) is 5.32 Å². The van der Waals surface area contributed by atoms with Crippen molar-refractivity contribution >= 4 is 5.69 Å². The molecule has 1 aromatic carbocycles. The maximum Gasteiger partial charge on any atom is 0.101 e. The molecule has 18 heavy (non-hydrogen) atoms. The maximum atomic E-state index is 9.18. The minimum atomic E-state index is 0.699. The van der Waals surface area contributed by atoms with E-state index in [9.17, 15) is 5.26 Å². The molecule has 0 aliphatic carbocycles. The van der Waals surface area contributed by atoms with Crippen LogP contribution in [0.1, 0.15) is 25.3 Å². The molecule has 0 aromatic heterocycles. The van der Waals surface area contributed by atoms with Gasteiger partial charge < -0.3 is 10.2 Å². The Balaban J connectivity index is 2.10. The molecule has 1 aromatic rings. The quantitative estimate of drug-likeness (QED) is 0.882. The SMILES string of the molecule is CCN(CC1CCCNC1)c1ccccc1C#N. The van der Waals surface area contributed by atoms with Gasteiger partial charge in [-0.15, -0.1) is 0 Å². The summed E-state index contributed by atoms with van der Waals surface area (Å²) in [6, 6.07) is 10.2. The summed E-state index contributed by atoms with van der Waals surface area (Å²) in [6.45, 7) is 6.41. The predicted octanol–water partition coefficient (Wildman–Crippen LogP) is 2.38. The Labute approximate surface area is 109 Å². The van der Waals surface area contributed by atoms with Gasteiger partial charge in [0.25, 0.3) is 0 Å². The number of hydrogen-bond acceptors (Lipinski definition) is 3. The van der Waals surface area contributed by atoms with Gasteiger partial charge in [-0.1, -0.05) is 12.1 Å². The van der Waals surface area contributed by atoms with Crippen molar-refractivity contribution in [1.29, 1.82) is 5.26 Å².